The fourth-order valence-corrected chi connectivity index (χ4v) is 3.94. The number of hydrogen-bond acceptors (Lipinski definition) is 6. The normalized spacial score (nSPS) is 19.3. The molecule has 7 nitrogen and oxygen atoms in total. The molecule has 2 fully saturated rings. The van der Waals surface area contributed by atoms with E-state index in [1.165, 1.54) is 6.21 Å². The topological polar surface area (TPSA) is 81.6 Å². The minimum Gasteiger partial charge on any atom is -0.378 e. The van der Waals surface area contributed by atoms with Crippen LogP contribution in [-0.4, -0.2) is 62.5 Å². The molecule has 2 N–H and O–H groups in total. The van der Waals surface area contributed by atoms with Gasteiger partial charge in [-0.05, 0) is 36.8 Å². The van der Waals surface area contributed by atoms with Gasteiger partial charge in [0.2, 0.25) is 0 Å². The average molecular weight is 414 g/mol. The molecule has 0 aliphatic carbocycles. The summed E-state index contributed by atoms with van der Waals surface area (Å²) < 4.78 is 5.36. The molecule has 1 aromatic heterocycles. The molecule has 3 heterocycles. The third-order valence-electron chi connectivity index (χ3n) is 5.37. The number of ether oxygens (including phenoxy) is 1. The number of amides is 1. The minimum atomic E-state index is -0.102. The second kappa shape index (κ2) is 8.80. The Bertz CT molecular complexity index is 883. The Kier molecular flexibility index (Phi) is 5.97. The van der Waals surface area contributed by atoms with Crippen LogP contribution in [0.15, 0.2) is 36.5 Å². The molecule has 1 unspecified atom stereocenters. The number of carbonyl (C=O) groups excluding carboxylic acids is 1. The van der Waals surface area contributed by atoms with E-state index in [1.54, 1.807) is 6.20 Å². The van der Waals surface area contributed by atoms with Crippen molar-refractivity contribution in [1.29, 1.82) is 5.41 Å². The van der Waals surface area contributed by atoms with Crippen molar-refractivity contribution in [1.82, 2.24) is 10.3 Å². The molecule has 1 amide bonds. The minimum absolute atomic E-state index is 0.0719. The summed E-state index contributed by atoms with van der Waals surface area (Å²) in [4.78, 5) is 21.4. The van der Waals surface area contributed by atoms with Crippen molar-refractivity contribution < 1.29 is 9.53 Å². The predicted octanol–water partition coefficient (Wildman–Crippen LogP) is 2.58. The number of rotatable bonds is 5. The van der Waals surface area contributed by atoms with Gasteiger partial charge in [0.15, 0.2) is 0 Å². The monoisotopic (exact) mass is 413 g/mol. The van der Waals surface area contributed by atoms with Crippen molar-refractivity contribution in [2.75, 3.05) is 49.2 Å². The number of nitrogens with zero attached hydrogens (tertiary/aromatic N) is 3. The summed E-state index contributed by atoms with van der Waals surface area (Å²) in [6.07, 6.45) is 3.76. The van der Waals surface area contributed by atoms with Crippen molar-refractivity contribution in [2.45, 2.75) is 12.5 Å². The Labute approximate surface area is 175 Å². The number of hydrogen-bond donors (Lipinski definition) is 2. The van der Waals surface area contributed by atoms with Crippen molar-refractivity contribution >= 4 is 35.2 Å². The molecule has 0 bridgehead atoms. The maximum Gasteiger partial charge on any atom is 0.253 e. The number of halogens is 1. The molecule has 2 aliphatic rings. The molecule has 29 heavy (non-hydrogen) atoms. The van der Waals surface area contributed by atoms with Gasteiger partial charge < -0.3 is 25.3 Å². The van der Waals surface area contributed by atoms with Crippen molar-refractivity contribution in [3.05, 3.63) is 52.7 Å². The highest BCUT2D eigenvalue weighted by Crippen LogP contribution is 2.26. The lowest BCUT2D eigenvalue weighted by Gasteiger charge is -2.27. The zero-order valence-corrected chi connectivity index (χ0v) is 16.9. The molecule has 2 aliphatic heterocycles. The maximum atomic E-state index is 12.6. The predicted molar refractivity (Wildman–Crippen MR) is 115 cm³/mol. The second-order valence-corrected chi connectivity index (χ2v) is 7.67. The van der Waals surface area contributed by atoms with Gasteiger partial charge in [0.1, 0.15) is 5.82 Å². The van der Waals surface area contributed by atoms with Crippen LogP contribution in [0.1, 0.15) is 22.3 Å². The summed E-state index contributed by atoms with van der Waals surface area (Å²) in [7, 11) is 0. The Morgan fingerprint density at radius 3 is 2.72 bits per heavy atom. The third kappa shape index (κ3) is 4.52. The van der Waals surface area contributed by atoms with Crippen LogP contribution in [-0.2, 0) is 4.74 Å². The van der Waals surface area contributed by atoms with Crippen LogP contribution in [0.3, 0.4) is 0 Å². The molecular weight excluding hydrogens is 390 g/mol. The van der Waals surface area contributed by atoms with Crippen LogP contribution >= 0.6 is 11.6 Å². The summed E-state index contributed by atoms with van der Waals surface area (Å²) in [5.74, 6) is 0.775. The van der Waals surface area contributed by atoms with E-state index in [1.807, 2.05) is 30.3 Å². The first-order valence-corrected chi connectivity index (χ1v) is 10.2. The molecular formula is C21H24ClN5O2. The van der Waals surface area contributed by atoms with Crippen LogP contribution < -0.4 is 15.1 Å². The Morgan fingerprint density at radius 1 is 1.21 bits per heavy atom. The average Bonchev–Trinajstić information content (AvgIpc) is 3.23. The zero-order valence-electron chi connectivity index (χ0n) is 16.1. The standard InChI is InChI=1S/C21H24ClN5O2/c22-19-11-18(3-1-15(19)12-23)27-6-5-17(14-27)25-21(28)16-2-4-20(24-13-16)26-7-9-29-10-8-26/h1-4,11-13,17,23H,5-10,14H2,(H,25,28). The number of morpholine rings is 1. The van der Waals surface area contributed by atoms with E-state index < -0.39 is 0 Å². The Hall–Kier alpha value is -2.64. The Morgan fingerprint density at radius 2 is 2.03 bits per heavy atom. The van der Waals surface area contributed by atoms with Gasteiger partial charge in [0.05, 0.1) is 23.8 Å². The maximum absolute atomic E-state index is 12.6. The molecule has 4 rings (SSSR count). The SMILES string of the molecule is N=Cc1ccc(N2CCC(NC(=O)c3ccc(N4CCOCC4)nc3)C2)cc1Cl. The lowest BCUT2D eigenvalue weighted by molar-refractivity contribution is 0.0940. The number of anilines is 2. The van der Waals surface area contributed by atoms with E-state index in [9.17, 15) is 4.79 Å². The highest BCUT2D eigenvalue weighted by molar-refractivity contribution is 6.33. The van der Waals surface area contributed by atoms with Crippen LogP contribution in [0.25, 0.3) is 0 Å². The van der Waals surface area contributed by atoms with Crippen LogP contribution in [0.4, 0.5) is 11.5 Å². The van der Waals surface area contributed by atoms with Gasteiger partial charge in [-0.25, -0.2) is 4.98 Å². The van der Waals surface area contributed by atoms with Gasteiger partial charge in [-0.3, -0.25) is 4.79 Å². The summed E-state index contributed by atoms with van der Waals surface area (Å²) in [6, 6.07) is 9.48. The first kappa shape index (κ1) is 19.7. The number of carbonyl (C=O) groups is 1. The first-order valence-electron chi connectivity index (χ1n) is 9.78. The summed E-state index contributed by atoms with van der Waals surface area (Å²) >= 11 is 6.21. The van der Waals surface area contributed by atoms with Gasteiger partial charge in [-0.15, -0.1) is 0 Å². The van der Waals surface area contributed by atoms with E-state index in [4.69, 9.17) is 21.7 Å². The molecule has 0 saturated carbocycles. The number of aromatic nitrogens is 1. The summed E-state index contributed by atoms with van der Waals surface area (Å²) in [5, 5.41) is 11.0. The van der Waals surface area contributed by atoms with Crippen molar-refractivity contribution in [3.63, 3.8) is 0 Å². The second-order valence-electron chi connectivity index (χ2n) is 7.26. The molecule has 0 spiro atoms. The molecule has 152 valence electrons. The van der Waals surface area contributed by atoms with Crippen LogP contribution in [0, 0.1) is 5.41 Å². The third-order valence-corrected chi connectivity index (χ3v) is 5.70. The molecule has 8 heteroatoms. The van der Waals surface area contributed by atoms with Gasteiger partial charge in [0.25, 0.3) is 5.91 Å². The van der Waals surface area contributed by atoms with E-state index in [2.05, 4.69) is 20.1 Å². The van der Waals surface area contributed by atoms with Crippen molar-refractivity contribution in [3.8, 4) is 0 Å². The van der Waals surface area contributed by atoms with E-state index in [-0.39, 0.29) is 11.9 Å². The van der Waals surface area contributed by atoms with Gasteiger partial charge in [0, 0.05) is 55.9 Å². The van der Waals surface area contributed by atoms with Gasteiger partial charge in [-0.2, -0.15) is 0 Å². The highest BCUT2D eigenvalue weighted by atomic mass is 35.5. The zero-order chi connectivity index (χ0) is 20.2. The van der Waals surface area contributed by atoms with E-state index in [0.29, 0.717) is 29.4 Å². The number of pyridine rings is 1. The van der Waals surface area contributed by atoms with Gasteiger partial charge in [-0.1, -0.05) is 11.6 Å². The molecule has 0 radical (unpaired) electrons. The fraction of sp³-hybridized carbons (Fsp3) is 0.381. The van der Waals surface area contributed by atoms with Gasteiger partial charge >= 0.3 is 0 Å². The quantitative estimate of drug-likeness (QED) is 0.736. The van der Waals surface area contributed by atoms with Crippen LogP contribution in [0.2, 0.25) is 5.02 Å². The molecule has 2 aromatic rings. The van der Waals surface area contributed by atoms with E-state index in [0.717, 1.165) is 44.1 Å². The molecule has 1 atom stereocenters. The smallest absolute Gasteiger partial charge is 0.253 e. The lowest BCUT2D eigenvalue weighted by atomic mass is 10.2. The largest absolute Gasteiger partial charge is 0.378 e. The van der Waals surface area contributed by atoms with Crippen molar-refractivity contribution in [2.24, 2.45) is 0 Å². The number of nitrogens with one attached hydrogen (secondary N) is 2. The lowest BCUT2D eigenvalue weighted by Crippen LogP contribution is -2.38. The summed E-state index contributed by atoms with van der Waals surface area (Å²) in [5.41, 5.74) is 2.28. The Balaban J connectivity index is 1.34. The molecule has 2 saturated heterocycles. The first-order chi connectivity index (χ1) is 14.1. The van der Waals surface area contributed by atoms with E-state index >= 15 is 0 Å². The van der Waals surface area contributed by atoms with Crippen LogP contribution in [0.5, 0.6) is 0 Å². The summed E-state index contributed by atoms with van der Waals surface area (Å²) in [6.45, 7) is 4.63. The number of benzene rings is 1. The molecule has 1 aromatic carbocycles. The highest BCUT2D eigenvalue weighted by Gasteiger charge is 2.25. The fourth-order valence-electron chi connectivity index (χ4n) is 3.71.